The number of rotatable bonds is 2. The zero-order chi connectivity index (χ0) is 14.1. The van der Waals surface area contributed by atoms with E-state index in [4.69, 9.17) is 0 Å². The minimum atomic E-state index is 1.20. The Labute approximate surface area is 119 Å². The first kappa shape index (κ1) is 12.7. The zero-order valence-corrected chi connectivity index (χ0v) is 12.1. The number of nitrogens with zero attached hydrogens (tertiary/aromatic N) is 1. The van der Waals surface area contributed by atoms with E-state index in [1.807, 2.05) is 11.6 Å². The maximum atomic E-state index is 3.44. The highest BCUT2D eigenvalue weighted by Crippen LogP contribution is 2.25. The van der Waals surface area contributed by atoms with Crippen molar-refractivity contribution >= 4 is 23.1 Å². The molecule has 0 saturated heterocycles. The number of hydrogen-bond acceptors (Lipinski definition) is 0. The zero-order valence-electron chi connectivity index (χ0n) is 12.1. The molecule has 1 N–H and O–H groups in total. The number of H-pyrrole nitrogens is 1. The van der Waals surface area contributed by atoms with Crippen LogP contribution in [0.3, 0.4) is 0 Å². The third-order valence-electron chi connectivity index (χ3n) is 3.64. The topological polar surface area (TPSA) is 19.7 Å². The molecule has 0 fully saturated rings. The summed E-state index contributed by atoms with van der Waals surface area (Å²) in [7, 11) is 2.03. The second-order valence-corrected chi connectivity index (χ2v) is 5.34. The molecule has 0 aliphatic heterocycles. The molecule has 2 heterocycles. The number of fused-ring (bicyclic) bond motifs is 1. The lowest BCUT2D eigenvalue weighted by molar-refractivity contribution is -0.671. The van der Waals surface area contributed by atoms with Gasteiger partial charge in [0.25, 0.3) is 0 Å². The van der Waals surface area contributed by atoms with Crippen LogP contribution < -0.4 is 4.57 Å². The summed E-state index contributed by atoms with van der Waals surface area (Å²) in [5.41, 5.74) is 6.19. The lowest BCUT2D eigenvalue weighted by Crippen LogP contribution is -2.25. The third-order valence-corrected chi connectivity index (χ3v) is 3.64. The van der Waals surface area contributed by atoms with Crippen LogP contribution in [-0.2, 0) is 7.05 Å². The van der Waals surface area contributed by atoms with Gasteiger partial charge >= 0.3 is 0 Å². The van der Waals surface area contributed by atoms with Crippen LogP contribution >= 0.6 is 0 Å². The van der Waals surface area contributed by atoms with Crippen LogP contribution in [-0.4, -0.2) is 4.98 Å². The van der Waals surface area contributed by atoms with Crippen molar-refractivity contribution in [2.24, 2.45) is 7.05 Å². The van der Waals surface area contributed by atoms with Crippen LogP contribution in [0.1, 0.15) is 22.4 Å². The molecule has 0 aliphatic rings. The van der Waals surface area contributed by atoms with Crippen molar-refractivity contribution < 1.29 is 4.57 Å². The van der Waals surface area contributed by atoms with Crippen LogP contribution in [0.25, 0.3) is 23.1 Å². The second kappa shape index (κ2) is 4.97. The Morgan fingerprint density at radius 2 is 1.75 bits per heavy atom. The smallest absolute Gasteiger partial charge is 0.169 e. The van der Waals surface area contributed by atoms with Crippen molar-refractivity contribution in [1.82, 2.24) is 4.98 Å². The van der Waals surface area contributed by atoms with E-state index in [9.17, 15) is 0 Å². The Morgan fingerprint density at radius 3 is 2.50 bits per heavy atom. The monoisotopic (exact) mass is 263 g/mol. The summed E-state index contributed by atoms with van der Waals surface area (Å²) in [5.74, 6) is 0. The van der Waals surface area contributed by atoms with E-state index in [-0.39, 0.29) is 0 Å². The van der Waals surface area contributed by atoms with Crippen LogP contribution in [0.2, 0.25) is 0 Å². The predicted molar refractivity (Wildman–Crippen MR) is 84.3 cm³/mol. The third kappa shape index (κ3) is 2.37. The second-order valence-electron chi connectivity index (χ2n) is 5.34. The molecule has 1 aromatic carbocycles. The molecule has 0 spiro atoms. The number of benzene rings is 1. The Hall–Kier alpha value is -2.35. The van der Waals surface area contributed by atoms with E-state index < -0.39 is 0 Å². The summed E-state index contributed by atoms with van der Waals surface area (Å²) in [4.78, 5) is 3.44. The van der Waals surface area contributed by atoms with E-state index in [1.165, 1.54) is 33.3 Å². The fourth-order valence-corrected chi connectivity index (χ4v) is 2.48. The van der Waals surface area contributed by atoms with Gasteiger partial charge < -0.3 is 4.98 Å². The average Bonchev–Trinajstić information content (AvgIpc) is 2.73. The van der Waals surface area contributed by atoms with Gasteiger partial charge in [-0.3, -0.25) is 0 Å². The molecule has 3 rings (SSSR count). The van der Waals surface area contributed by atoms with Gasteiger partial charge in [0.15, 0.2) is 12.4 Å². The van der Waals surface area contributed by atoms with Crippen LogP contribution in [0.15, 0.2) is 42.7 Å². The van der Waals surface area contributed by atoms with Crippen LogP contribution in [0.4, 0.5) is 0 Å². The number of aromatic amines is 1. The largest absolute Gasteiger partial charge is 0.358 e. The van der Waals surface area contributed by atoms with E-state index in [0.29, 0.717) is 0 Å². The van der Waals surface area contributed by atoms with Crippen molar-refractivity contribution in [2.45, 2.75) is 13.8 Å². The highest BCUT2D eigenvalue weighted by atomic mass is 14.9. The number of nitrogens with one attached hydrogen (secondary N) is 1. The van der Waals surface area contributed by atoms with Crippen molar-refractivity contribution in [2.75, 3.05) is 0 Å². The summed E-state index contributed by atoms with van der Waals surface area (Å²) < 4.78 is 2.04. The molecule has 0 saturated carbocycles. The first-order valence-corrected chi connectivity index (χ1v) is 6.86. The molecule has 20 heavy (non-hydrogen) atoms. The summed E-state index contributed by atoms with van der Waals surface area (Å²) >= 11 is 0. The molecule has 0 bridgehead atoms. The molecule has 3 aromatic rings. The highest BCUT2D eigenvalue weighted by Gasteiger charge is 2.05. The quantitative estimate of drug-likeness (QED) is 0.679. The highest BCUT2D eigenvalue weighted by molar-refractivity contribution is 5.93. The summed E-state index contributed by atoms with van der Waals surface area (Å²) in [6, 6.07) is 10.8. The molecule has 0 unspecified atom stereocenters. The number of pyridine rings is 1. The van der Waals surface area contributed by atoms with E-state index in [2.05, 4.69) is 73.7 Å². The van der Waals surface area contributed by atoms with Gasteiger partial charge in [0.2, 0.25) is 0 Å². The van der Waals surface area contributed by atoms with Gasteiger partial charge in [-0.1, -0.05) is 23.8 Å². The fourth-order valence-electron chi connectivity index (χ4n) is 2.48. The molecular weight excluding hydrogens is 244 g/mol. The van der Waals surface area contributed by atoms with Crippen molar-refractivity contribution in [3.8, 4) is 0 Å². The Balaban J connectivity index is 2.03. The number of hydrogen-bond donors (Lipinski definition) is 1. The minimum absolute atomic E-state index is 1.20. The number of aromatic nitrogens is 2. The SMILES string of the molecule is Cc1ccc2[nH]c(C)c(/C=C/c3cc[n+](C)cc3)c2c1. The van der Waals surface area contributed by atoms with Crippen molar-refractivity contribution in [3.05, 3.63) is 65.1 Å². The molecule has 100 valence electrons. The Bertz CT molecular complexity index is 777. The molecule has 0 amide bonds. The van der Waals surface area contributed by atoms with Crippen molar-refractivity contribution in [1.29, 1.82) is 0 Å². The maximum absolute atomic E-state index is 3.44. The summed E-state index contributed by atoms with van der Waals surface area (Å²) in [6.07, 6.45) is 8.48. The van der Waals surface area contributed by atoms with Gasteiger partial charge in [-0.15, -0.1) is 0 Å². The minimum Gasteiger partial charge on any atom is -0.358 e. The number of aryl methyl sites for hydroxylation is 3. The van der Waals surface area contributed by atoms with Gasteiger partial charge in [-0.2, -0.15) is 0 Å². The van der Waals surface area contributed by atoms with Gasteiger partial charge in [0.1, 0.15) is 7.05 Å². The molecular formula is C18H19N2+. The Morgan fingerprint density at radius 1 is 1.00 bits per heavy atom. The van der Waals surface area contributed by atoms with Gasteiger partial charge in [-0.05, 0) is 31.5 Å². The molecule has 2 aromatic heterocycles. The molecule has 0 atom stereocenters. The Kier molecular flexibility index (Phi) is 3.15. The van der Waals surface area contributed by atoms with E-state index in [1.54, 1.807) is 0 Å². The summed E-state index contributed by atoms with van der Waals surface area (Å²) in [5, 5.41) is 1.29. The summed E-state index contributed by atoms with van der Waals surface area (Å²) in [6.45, 7) is 4.26. The van der Waals surface area contributed by atoms with E-state index >= 15 is 0 Å². The lowest BCUT2D eigenvalue weighted by Gasteiger charge is -1.96. The average molecular weight is 263 g/mol. The van der Waals surface area contributed by atoms with Gasteiger partial charge in [0.05, 0.1) is 0 Å². The normalized spacial score (nSPS) is 11.6. The maximum Gasteiger partial charge on any atom is 0.169 e. The first-order valence-electron chi connectivity index (χ1n) is 6.86. The lowest BCUT2D eigenvalue weighted by atomic mass is 10.1. The standard InChI is InChI=1S/C18H18N2/c1-13-4-7-18-17(12-13)16(14(2)19-18)6-5-15-8-10-20(3)11-9-15/h4-12H,1-3H3/p+1. The van der Waals surface area contributed by atoms with Crippen LogP contribution in [0, 0.1) is 13.8 Å². The molecule has 0 aliphatic carbocycles. The first-order chi connectivity index (χ1) is 9.63. The molecule has 2 nitrogen and oxygen atoms in total. The predicted octanol–water partition coefficient (Wildman–Crippen LogP) is 3.78. The fraction of sp³-hybridized carbons (Fsp3) is 0.167. The van der Waals surface area contributed by atoms with Crippen molar-refractivity contribution in [3.63, 3.8) is 0 Å². The van der Waals surface area contributed by atoms with Gasteiger partial charge in [-0.25, -0.2) is 4.57 Å². The van der Waals surface area contributed by atoms with E-state index in [0.717, 1.165) is 0 Å². The van der Waals surface area contributed by atoms with Gasteiger partial charge in [0, 0.05) is 34.3 Å². The van der Waals surface area contributed by atoms with Crippen LogP contribution in [0.5, 0.6) is 0 Å². The molecule has 2 heteroatoms. The molecule has 0 radical (unpaired) electrons.